The molecule has 3 heterocycles. The molecule has 1 fully saturated rings. The van der Waals surface area contributed by atoms with Crippen molar-refractivity contribution in [1.82, 2.24) is 4.98 Å². The number of hydrogen-bond acceptors (Lipinski definition) is 4. The van der Waals surface area contributed by atoms with Gasteiger partial charge in [-0.2, -0.15) is 0 Å². The predicted octanol–water partition coefficient (Wildman–Crippen LogP) is 2.13. The molecule has 0 unspecified atom stereocenters. The first-order valence-electron chi connectivity index (χ1n) is 7.32. The Morgan fingerprint density at radius 2 is 1.76 bits per heavy atom. The third kappa shape index (κ3) is 2.56. The van der Waals surface area contributed by atoms with Crippen molar-refractivity contribution >= 4 is 18.3 Å². The molecule has 1 aromatic heterocycles. The minimum Gasteiger partial charge on any atom is -0.399 e. The fraction of sp³-hybridized carbons (Fsp3) is 0.500. The smallest absolute Gasteiger partial charge is 0.399 e. The van der Waals surface area contributed by atoms with Gasteiger partial charge in [0.15, 0.2) is 0 Å². The number of allylic oxidation sites excluding steroid dienone is 1. The van der Waals surface area contributed by atoms with Gasteiger partial charge in [0.05, 0.1) is 29.2 Å². The zero-order valence-corrected chi connectivity index (χ0v) is 13.3. The summed E-state index contributed by atoms with van der Waals surface area (Å²) >= 11 is 0. The molecule has 3 rings (SSSR count). The van der Waals surface area contributed by atoms with Gasteiger partial charge in [0.25, 0.3) is 0 Å². The van der Waals surface area contributed by atoms with Crippen LogP contribution < -0.4 is 5.46 Å². The average molecular weight is 284 g/mol. The molecule has 0 saturated carbocycles. The second-order valence-electron chi connectivity index (χ2n) is 6.76. The quantitative estimate of drug-likeness (QED) is 0.781. The van der Waals surface area contributed by atoms with E-state index >= 15 is 0 Å². The van der Waals surface area contributed by atoms with Crippen LogP contribution >= 0.6 is 0 Å². The lowest BCUT2D eigenvalue weighted by Crippen LogP contribution is -2.41. The highest BCUT2D eigenvalue weighted by atomic mass is 16.7. The van der Waals surface area contributed by atoms with Gasteiger partial charge >= 0.3 is 7.12 Å². The molecule has 0 spiro atoms. The Hall–Kier alpha value is -1.46. The van der Waals surface area contributed by atoms with Crippen molar-refractivity contribution < 1.29 is 9.31 Å². The normalized spacial score (nSPS) is 23.2. The van der Waals surface area contributed by atoms with Gasteiger partial charge in [-0.3, -0.25) is 9.98 Å². The van der Waals surface area contributed by atoms with E-state index in [-0.39, 0.29) is 18.3 Å². The molecule has 0 N–H and O–H groups in total. The summed E-state index contributed by atoms with van der Waals surface area (Å²) in [6.45, 7) is 11.1. The molecule has 2 aliphatic heterocycles. The van der Waals surface area contributed by atoms with Crippen molar-refractivity contribution in [2.75, 3.05) is 6.54 Å². The highest BCUT2D eigenvalue weighted by Crippen LogP contribution is 2.36. The van der Waals surface area contributed by atoms with Crippen LogP contribution in [0.3, 0.4) is 0 Å². The first kappa shape index (κ1) is 14.5. The summed E-state index contributed by atoms with van der Waals surface area (Å²) in [7, 11) is -0.362. The van der Waals surface area contributed by atoms with Crippen LogP contribution in [0.25, 0.3) is 0 Å². The summed E-state index contributed by atoms with van der Waals surface area (Å²) in [4.78, 5) is 8.96. The molecule has 0 bridgehead atoms. The topological polar surface area (TPSA) is 43.7 Å². The van der Waals surface area contributed by atoms with E-state index in [2.05, 4.69) is 50.7 Å². The zero-order chi connectivity index (χ0) is 15.3. The highest BCUT2D eigenvalue weighted by Gasteiger charge is 2.51. The van der Waals surface area contributed by atoms with Gasteiger partial charge in [0.1, 0.15) is 0 Å². The van der Waals surface area contributed by atoms with Gasteiger partial charge in [0.2, 0.25) is 0 Å². The van der Waals surface area contributed by atoms with Crippen LogP contribution in [-0.2, 0) is 9.31 Å². The Morgan fingerprint density at radius 3 is 2.24 bits per heavy atom. The molecule has 2 aliphatic rings. The summed E-state index contributed by atoms with van der Waals surface area (Å²) in [6, 6.07) is 3.99. The van der Waals surface area contributed by atoms with Crippen LogP contribution in [0.5, 0.6) is 0 Å². The molecule has 21 heavy (non-hydrogen) atoms. The van der Waals surface area contributed by atoms with Gasteiger partial charge in [-0.1, -0.05) is 6.07 Å². The third-order valence-corrected chi connectivity index (χ3v) is 4.46. The fourth-order valence-electron chi connectivity index (χ4n) is 2.36. The fourth-order valence-corrected chi connectivity index (χ4v) is 2.36. The summed E-state index contributed by atoms with van der Waals surface area (Å²) < 4.78 is 12.1. The minimum atomic E-state index is -0.362. The third-order valence-electron chi connectivity index (χ3n) is 4.46. The first-order valence-corrected chi connectivity index (χ1v) is 7.32. The number of pyridine rings is 1. The second-order valence-corrected chi connectivity index (χ2v) is 6.76. The first-order chi connectivity index (χ1) is 9.78. The zero-order valence-electron chi connectivity index (χ0n) is 13.3. The lowest BCUT2D eigenvalue weighted by atomic mass is 9.80. The van der Waals surface area contributed by atoms with Crippen LogP contribution in [-0.4, -0.2) is 35.6 Å². The SMILES string of the molecule is CC1=CC(c2ccc(B3OC(C)(C)C(C)(C)O3)cn2)=NC1. The molecule has 0 amide bonds. The van der Waals surface area contributed by atoms with Crippen molar-refractivity contribution in [1.29, 1.82) is 0 Å². The monoisotopic (exact) mass is 284 g/mol. The number of aromatic nitrogens is 1. The van der Waals surface area contributed by atoms with Crippen LogP contribution in [0.15, 0.2) is 35.0 Å². The van der Waals surface area contributed by atoms with E-state index in [1.54, 1.807) is 0 Å². The average Bonchev–Trinajstić information content (AvgIpc) is 2.92. The summed E-state index contributed by atoms with van der Waals surface area (Å²) in [5.41, 5.74) is 3.40. The van der Waals surface area contributed by atoms with E-state index in [1.807, 2.05) is 18.3 Å². The summed E-state index contributed by atoms with van der Waals surface area (Å²) in [5.74, 6) is 0. The van der Waals surface area contributed by atoms with E-state index in [9.17, 15) is 0 Å². The maximum atomic E-state index is 6.03. The number of aliphatic imine (C=N–C) groups is 1. The molecule has 0 atom stereocenters. The molecular weight excluding hydrogens is 263 g/mol. The van der Waals surface area contributed by atoms with Gasteiger partial charge in [-0.15, -0.1) is 0 Å². The van der Waals surface area contributed by atoms with E-state index in [4.69, 9.17) is 9.31 Å². The van der Waals surface area contributed by atoms with Crippen molar-refractivity contribution in [3.63, 3.8) is 0 Å². The Kier molecular flexibility index (Phi) is 3.30. The largest absolute Gasteiger partial charge is 0.496 e. The molecule has 0 aliphatic carbocycles. The minimum absolute atomic E-state index is 0.328. The second kappa shape index (κ2) is 4.78. The van der Waals surface area contributed by atoms with E-state index in [0.717, 1.165) is 23.4 Å². The molecular formula is C16H21BN2O2. The molecule has 4 nitrogen and oxygen atoms in total. The van der Waals surface area contributed by atoms with Crippen molar-refractivity contribution in [3.8, 4) is 0 Å². The standard InChI is InChI=1S/C16H21BN2O2/c1-11-8-14(18-9-11)13-7-6-12(10-19-13)17-20-15(2,3)16(4,5)21-17/h6-8,10H,9H2,1-5H3. The van der Waals surface area contributed by atoms with Crippen LogP contribution in [0.1, 0.15) is 40.3 Å². The molecule has 5 heteroatoms. The number of rotatable bonds is 2. The number of nitrogens with zero attached hydrogens (tertiary/aromatic N) is 2. The molecule has 0 radical (unpaired) electrons. The van der Waals surface area contributed by atoms with Crippen molar-refractivity contribution in [2.45, 2.75) is 45.8 Å². The predicted molar refractivity (Wildman–Crippen MR) is 85.1 cm³/mol. The maximum Gasteiger partial charge on any atom is 0.496 e. The Bertz CT molecular complexity index is 602. The van der Waals surface area contributed by atoms with Crippen LogP contribution in [0.2, 0.25) is 0 Å². The lowest BCUT2D eigenvalue weighted by Gasteiger charge is -2.32. The molecule has 110 valence electrons. The molecule has 1 aromatic rings. The highest BCUT2D eigenvalue weighted by molar-refractivity contribution is 6.62. The van der Waals surface area contributed by atoms with Gasteiger partial charge in [0, 0.05) is 11.7 Å². The van der Waals surface area contributed by atoms with Crippen LogP contribution in [0, 0.1) is 0 Å². The van der Waals surface area contributed by atoms with E-state index in [1.165, 1.54) is 5.57 Å². The van der Waals surface area contributed by atoms with Crippen molar-refractivity contribution in [3.05, 3.63) is 35.7 Å². The van der Waals surface area contributed by atoms with Gasteiger partial charge in [-0.05, 0) is 52.3 Å². The lowest BCUT2D eigenvalue weighted by molar-refractivity contribution is 0.00578. The Labute approximate surface area is 126 Å². The summed E-state index contributed by atoms with van der Waals surface area (Å²) in [6.07, 6.45) is 3.90. The van der Waals surface area contributed by atoms with E-state index < -0.39 is 0 Å². The Balaban J connectivity index is 1.80. The molecule has 0 aromatic carbocycles. The number of hydrogen-bond donors (Lipinski definition) is 0. The van der Waals surface area contributed by atoms with Gasteiger partial charge in [-0.25, -0.2) is 0 Å². The maximum absolute atomic E-state index is 6.03. The van der Waals surface area contributed by atoms with Gasteiger partial charge < -0.3 is 9.31 Å². The summed E-state index contributed by atoms with van der Waals surface area (Å²) in [5, 5.41) is 0. The van der Waals surface area contributed by atoms with Crippen molar-refractivity contribution in [2.24, 2.45) is 4.99 Å². The van der Waals surface area contributed by atoms with E-state index in [0.29, 0.717) is 0 Å². The Morgan fingerprint density at radius 1 is 1.10 bits per heavy atom. The van der Waals surface area contributed by atoms with Crippen LogP contribution in [0.4, 0.5) is 0 Å². The molecule has 1 saturated heterocycles.